The topological polar surface area (TPSA) is 0 Å². The summed E-state index contributed by atoms with van der Waals surface area (Å²) in [7, 11) is 0. The molecule has 3 saturated carbocycles. The maximum Gasteiger partial charge on any atom is -0.0324 e. The molecule has 0 N–H and O–H groups in total. The van der Waals surface area contributed by atoms with Gasteiger partial charge in [0.15, 0.2) is 0 Å². The van der Waals surface area contributed by atoms with E-state index < -0.39 is 0 Å². The molecule has 0 amide bonds. The van der Waals surface area contributed by atoms with Crippen molar-refractivity contribution in [1.82, 2.24) is 0 Å². The van der Waals surface area contributed by atoms with Crippen LogP contribution in [0.15, 0.2) is 0 Å². The van der Waals surface area contributed by atoms with Gasteiger partial charge in [-0.25, -0.2) is 0 Å². The van der Waals surface area contributed by atoms with Gasteiger partial charge in [0.2, 0.25) is 0 Å². The van der Waals surface area contributed by atoms with Crippen LogP contribution < -0.4 is 0 Å². The molecule has 0 nitrogen and oxygen atoms in total. The zero-order chi connectivity index (χ0) is 9.71. The van der Waals surface area contributed by atoms with Crippen molar-refractivity contribution in [1.29, 1.82) is 0 Å². The standard InChI is InChI=1S/C14H24/c1-9-3-5-11-7-8-12-6-4-10(2)13(9)14(11)12/h9-14H,3-8H2,1-2H3. The Morgan fingerprint density at radius 3 is 1.50 bits per heavy atom. The Hall–Kier alpha value is 0. The van der Waals surface area contributed by atoms with Gasteiger partial charge in [-0.05, 0) is 61.2 Å². The van der Waals surface area contributed by atoms with E-state index in [-0.39, 0.29) is 0 Å². The van der Waals surface area contributed by atoms with E-state index in [0.29, 0.717) is 0 Å². The van der Waals surface area contributed by atoms with Crippen LogP contribution in [-0.4, -0.2) is 0 Å². The minimum atomic E-state index is 1.03. The second-order valence-corrected chi connectivity index (χ2v) is 6.36. The van der Waals surface area contributed by atoms with Gasteiger partial charge in [0, 0.05) is 0 Å². The largest absolute Gasteiger partial charge is 0.0622 e. The fourth-order valence-electron chi connectivity index (χ4n) is 5.16. The molecule has 3 aliphatic carbocycles. The molecular formula is C14H24. The van der Waals surface area contributed by atoms with Gasteiger partial charge >= 0.3 is 0 Å². The van der Waals surface area contributed by atoms with Gasteiger partial charge in [-0.3, -0.25) is 0 Å². The monoisotopic (exact) mass is 192 g/mol. The molecule has 0 spiro atoms. The van der Waals surface area contributed by atoms with Crippen molar-refractivity contribution in [3.8, 4) is 0 Å². The van der Waals surface area contributed by atoms with Crippen LogP contribution in [0.25, 0.3) is 0 Å². The molecule has 80 valence electrons. The molecule has 0 saturated heterocycles. The van der Waals surface area contributed by atoms with Crippen LogP contribution in [0.1, 0.15) is 52.4 Å². The first-order valence-electron chi connectivity index (χ1n) is 6.77. The van der Waals surface area contributed by atoms with Crippen molar-refractivity contribution in [2.45, 2.75) is 52.4 Å². The Morgan fingerprint density at radius 1 is 0.571 bits per heavy atom. The second kappa shape index (κ2) is 3.25. The Labute approximate surface area is 88.5 Å². The second-order valence-electron chi connectivity index (χ2n) is 6.36. The lowest BCUT2D eigenvalue weighted by Crippen LogP contribution is -2.40. The molecule has 4 unspecified atom stereocenters. The molecule has 0 heterocycles. The molecule has 0 bridgehead atoms. The molecule has 4 atom stereocenters. The minimum Gasteiger partial charge on any atom is -0.0622 e. The van der Waals surface area contributed by atoms with Crippen molar-refractivity contribution >= 4 is 0 Å². The zero-order valence-corrected chi connectivity index (χ0v) is 9.71. The van der Waals surface area contributed by atoms with Crippen LogP contribution >= 0.6 is 0 Å². The fraction of sp³-hybridized carbons (Fsp3) is 1.00. The van der Waals surface area contributed by atoms with Crippen LogP contribution in [0.4, 0.5) is 0 Å². The quantitative estimate of drug-likeness (QED) is 0.542. The van der Waals surface area contributed by atoms with E-state index in [1.54, 1.807) is 25.7 Å². The van der Waals surface area contributed by atoms with Crippen LogP contribution in [0, 0.1) is 35.5 Å². The van der Waals surface area contributed by atoms with Crippen LogP contribution in [0.2, 0.25) is 0 Å². The lowest BCUT2D eigenvalue weighted by atomic mass is 9.57. The van der Waals surface area contributed by atoms with Gasteiger partial charge in [-0.2, -0.15) is 0 Å². The minimum absolute atomic E-state index is 1.03. The van der Waals surface area contributed by atoms with E-state index in [4.69, 9.17) is 0 Å². The number of hydrogen-bond acceptors (Lipinski definition) is 0. The highest BCUT2D eigenvalue weighted by Crippen LogP contribution is 2.57. The van der Waals surface area contributed by atoms with Gasteiger partial charge in [0.25, 0.3) is 0 Å². The van der Waals surface area contributed by atoms with E-state index >= 15 is 0 Å². The lowest BCUT2D eigenvalue weighted by molar-refractivity contribution is 0.0119. The van der Waals surface area contributed by atoms with Crippen LogP contribution in [-0.2, 0) is 0 Å². The predicted molar refractivity (Wildman–Crippen MR) is 60.0 cm³/mol. The molecule has 0 heteroatoms. The van der Waals surface area contributed by atoms with Crippen molar-refractivity contribution in [3.05, 3.63) is 0 Å². The highest BCUT2D eigenvalue weighted by atomic mass is 14.5. The average molecular weight is 192 g/mol. The summed E-state index contributed by atoms with van der Waals surface area (Å²) in [6.07, 6.45) is 9.33. The van der Waals surface area contributed by atoms with Gasteiger partial charge < -0.3 is 0 Å². The molecule has 3 aliphatic rings. The third-order valence-electron chi connectivity index (χ3n) is 5.74. The molecule has 0 aromatic rings. The SMILES string of the molecule is CC1CCC2CCC3CCC(C)C1C23. The third kappa shape index (κ3) is 1.19. The van der Waals surface area contributed by atoms with Crippen LogP contribution in [0.5, 0.6) is 0 Å². The Kier molecular flexibility index (Phi) is 2.15. The summed E-state index contributed by atoms with van der Waals surface area (Å²) in [5.74, 6) is 6.62. The summed E-state index contributed by atoms with van der Waals surface area (Å²) in [5.41, 5.74) is 0. The number of hydrogen-bond donors (Lipinski definition) is 0. The van der Waals surface area contributed by atoms with Crippen molar-refractivity contribution in [2.75, 3.05) is 0 Å². The average Bonchev–Trinajstić information content (AvgIpc) is 2.58. The van der Waals surface area contributed by atoms with Crippen molar-refractivity contribution in [2.24, 2.45) is 35.5 Å². The summed E-state index contributed by atoms with van der Waals surface area (Å²) < 4.78 is 0. The van der Waals surface area contributed by atoms with Crippen molar-refractivity contribution in [3.63, 3.8) is 0 Å². The fourth-order valence-corrected chi connectivity index (χ4v) is 5.16. The summed E-state index contributed by atoms with van der Waals surface area (Å²) in [6, 6.07) is 0. The normalized spacial score (nSPS) is 57.0. The Balaban J connectivity index is 1.89. The first kappa shape index (κ1) is 9.24. The highest BCUT2D eigenvalue weighted by Gasteiger charge is 2.49. The zero-order valence-electron chi connectivity index (χ0n) is 9.71. The van der Waals surface area contributed by atoms with Crippen LogP contribution in [0.3, 0.4) is 0 Å². The Morgan fingerprint density at radius 2 is 1.00 bits per heavy atom. The number of rotatable bonds is 0. The smallest absolute Gasteiger partial charge is 0.0324 e. The first-order valence-corrected chi connectivity index (χ1v) is 6.77. The summed E-state index contributed by atoms with van der Waals surface area (Å²) in [5, 5.41) is 0. The predicted octanol–water partition coefficient (Wildman–Crippen LogP) is 4.10. The van der Waals surface area contributed by atoms with Gasteiger partial charge in [-0.1, -0.05) is 26.7 Å². The van der Waals surface area contributed by atoms with E-state index in [0.717, 1.165) is 35.5 Å². The van der Waals surface area contributed by atoms with E-state index in [2.05, 4.69) is 13.8 Å². The van der Waals surface area contributed by atoms with Gasteiger partial charge in [0.1, 0.15) is 0 Å². The molecule has 0 aliphatic heterocycles. The molecule has 0 radical (unpaired) electrons. The Bertz CT molecular complexity index is 198. The maximum atomic E-state index is 2.53. The summed E-state index contributed by atoms with van der Waals surface area (Å²) in [6.45, 7) is 5.05. The van der Waals surface area contributed by atoms with Gasteiger partial charge in [0.05, 0.1) is 0 Å². The molecular weight excluding hydrogens is 168 g/mol. The molecule has 3 fully saturated rings. The summed E-state index contributed by atoms with van der Waals surface area (Å²) in [4.78, 5) is 0. The van der Waals surface area contributed by atoms with E-state index in [1.165, 1.54) is 12.8 Å². The third-order valence-corrected chi connectivity index (χ3v) is 5.74. The van der Waals surface area contributed by atoms with Gasteiger partial charge in [-0.15, -0.1) is 0 Å². The van der Waals surface area contributed by atoms with Crippen molar-refractivity contribution < 1.29 is 0 Å². The van der Waals surface area contributed by atoms with E-state index in [9.17, 15) is 0 Å². The first-order chi connectivity index (χ1) is 6.77. The lowest BCUT2D eigenvalue weighted by Gasteiger charge is -2.48. The summed E-state index contributed by atoms with van der Waals surface area (Å²) >= 11 is 0. The maximum absolute atomic E-state index is 2.53. The van der Waals surface area contributed by atoms with E-state index in [1.807, 2.05) is 0 Å². The highest BCUT2D eigenvalue weighted by molar-refractivity contribution is 4.98. The molecule has 3 rings (SSSR count). The molecule has 0 aromatic heterocycles. The molecule has 14 heavy (non-hydrogen) atoms. The molecule has 0 aromatic carbocycles.